The van der Waals surface area contributed by atoms with E-state index >= 15 is 0 Å². The predicted octanol–water partition coefficient (Wildman–Crippen LogP) is 2.89. The van der Waals surface area contributed by atoms with Crippen molar-refractivity contribution in [3.63, 3.8) is 0 Å². The minimum atomic E-state index is -0.350. The van der Waals surface area contributed by atoms with Crippen molar-refractivity contribution in [3.8, 4) is 17.6 Å². The van der Waals surface area contributed by atoms with E-state index in [0.717, 1.165) is 22.1 Å². The number of rotatable bonds is 4. The summed E-state index contributed by atoms with van der Waals surface area (Å²) >= 11 is 0. The molecule has 0 saturated carbocycles. The molecule has 0 spiro atoms. The molecular weight excluding hydrogens is 241 g/mol. The van der Waals surface area contributed by atoms with E-state index in [-0.39, 0.29) is 6.67 Å². The van der Waals surface area contributed by atoms with Gasteiger partial charge in [0.05, 0.1) is 19.8 Å². The number of halogens is 1. The molecule has 0 amide bonds. The second kappa shape index (κ2) is 6.77. The van der Waals surface area contributed by atoms with E-state index < -0.39 is 0 Å². The molecule has 0 aliphatic carbocycles. The van der Waals surface area contributed by atoms with Gasteiger partial charge in [-0.1, -0.05) is 24.0 Å². The minimum absolute atomic E-state index is 0.350. The van der Waals surface area contributed by atoms with Crippen LogP contribution in [0, 0.1) is 11.8 Å². The maximum absolute atomic E-state index is 12.0. The molecule has 0 fully saturated rings. The van der Waals surface area contributed by atoms with Crippen LogP contribution in [0.3, 0.4) is 0 Å². The van der Waals surface area contributed by atoms with E-state index in [4.69, 9.17) is 10.5 Å². The van der Waals surface area contributed by atoms with E-state index in [1.54, 1.807) is 0 Å². The summed E-state index contributed by atoms with van der Waals surface area (Å²) in [6.07, 6.45) is 0.422. The van der Waals surface area contributed by atoms with Crippen LogP contribution in [0.1, 0.15) is 12.0 Å². The van der Waals surface area contributed by atoms with E-state index in [1.807, 2.05) is 36.4 Å². The minimum Gasteiger partial charge on any atom is -0.493 e. The van der Waals surface area contributed by atoms with Crippen LogP contribution in [0.5, 0.6) is 5.75 Å². The Labute approximate surface area is 112 Å². The van der Waals surface area contributed by atoms with Crippen molar-refractivity contribution in [1.82, 2.24) is 0 Å². The molecule has 19 heavy (non-hydrogen) atoms. The van der Waals surface area contributed by atoms with Crippen molar-refractivity contribution in [2.75, 3.05) is 19.8 Å². The molecule has 0 saturated heterocycles. The third kappa shape index (κ3) is 3.70. The third-order valence-corrected chi connectivity index (χ3v) is 2.69. The van der Waals surface area contributed by atoms with Gasteiger partial charge >= 0.3 is 0 Å². The summed E-state index contributed by atoms with van der Waals surface area (Å²) in [4.78, 5) is 0. The Bertz CT molecular complexity index is 613. The fourth-order valence-corrected chi connectivity index (χ4v) is 1.79. The average molecular weight is 257 g/mol. The predicted molar refractivity (Wildman–Crippen MR) is 76.0 cm³/mol. The highest BCUT2D eigenvalue weighted by molar-refractivity contribution is 5.85. The summed E-state index contributed by atoms with van der Waals surface area (Å²) in [5.41, 5.74) is 6.30. The maximum Gasteiger partial charge on any atom is 0.119 e. The van der Waals surface area contributed by atoms with Crippen molar-refractivity contribution >= 4 is 10.8 Å². The van der Waals surface area contributed by atoms with Gasteiger partial charge in [-0.2, -0.15) is 0 Å². The fraction of sp³-hybridized carbons (Fsp3) is 0.250. The highest BCUT2D eigenvalue weighted by Crippen LogP contribution is 2.22. The molecule has 2 N–H and O–H groups in total. The molecule has 0 aliphatic heterocycles. The van der Waals surface area contributed by atoms with Crippen molar-refractivity contribution < 1.29 is 9.13 Å². The van der Waals surface area contributed by atoms with Gasteiger partial charge in [0.15, 0.2) is 0 Å². The molecule has 0 unspecified atom stereocenters. The Morgan fingerprint density at radius 3 is 2.68 bits per heavy atom. The van der Waals surface area contributed by atoms with Crippen LogP contribution in [0.25, 0.3) is 10.8 Å². The number of alkyl halides is 1. The topological polar surface area (TPSA) is 35.2 Å². The Morgan fingerprint density at radius 1 is 1.11 bits per heavy atom. The van der Waals surface area contributed by atoms with Crippen LogP contribution < -0.4 is 10.5 Å². The molecule has 98 valence electrons. The summed E-state index contributed by atoms with van der Waals surface area (Å²) in [5, 5.41) is 2.18. The molecule has 3 heteroatoms. The van der Waals surface area contributed by atoms with Gasteiger partial charge < -0.3 is 10.5 Å². The number of ether oxygens (including phenoxy) is 1. The lowest BCUT2D eigenvalue weighted by Crippen LogP contribution is -1.97. The van der Waals surface area contributed by atoms with Crippen molar-refractivity contribution in [2.45, 2.75) is 6.42 Å². The second-order valence-electron chi connectivity index (χ2n) is 4.12. The molecule has 2 rings (SSSR count). The van der Waals surface area contributed by atoms with Gasteiger partial charge in [-0.3, -0.25) is 4.39 Å². The zero-order chi connectivity index (χ0) is 13.5. The van der Waals surface area contributed by atoms with Gasteiger partial charge in [-0.15, -0.1) is 0 Å². The SMILES string of the molecule is NCC#Cc1ccc2cc(OCCCF)ccc2c1. The van der Waals surface area contributed by atoms with Gasteiger partial charge in [-0.25, -0.2) is 0 Å². The quantitative estimate of drug-likeness (QED) is 0.675. The molecule has 0 atom stereocenters. The first-order valence-electron chi connectivity index (χ1n) is 6.25. The van der Waals surface area contributed by atoms with E-state index in [1.165, 1.54) is 0 Å². The molecule has 0 heterocycles. The van der Waals surface area contributed by atoms with Crippen LogP contribution in [-0.4, -0.2) is 19.8 Å². The van der Waals surface area contributed by atoms with E-state index in [9.17, 15) is 4.39 Å². The highest BCUT2D eigenvalue weighted by atomic mass is 19.1. The first kappa shape index (κ1) is 13.4. The zero-order valence-corrected chi connectivity index (χ0v) is 10.7. The second-order valence-corrected chi connectivity index (χ2v) is 4.12. The largest absolute Gasteiger partial charge is 0.493 e. The molecule has 2 nitrogen and oxygen atoms in total. The summed E-state index contributed by atoms with van der Waals surface area (Å²) in [6, 6.07) is 11.8. The van der Waals surface area contributed by atoms with Crippen LogP contribution in [0.15, 0.2) is 36.4 Å². The Hall–Kier alpha value is -2.05. The average Bonchev–Trinajstić information content (AvgIpc) is 2.45. The molecular formula is C16H16FNO. The van der Waals surface area contributed by atoms with Gasteiger partial charge in [0.25, 0.3) is 0 Å². The summed E-state index contributed by atoms with van der Waals surface area (Å²) in [7, 11) is 0. The van der Waals surface area contributed by atoms with E-state index in [0.29, 0.717) is 19.6 Å². The Balaban J connectivity index is 2.20. The van der Waals surface area contributed by atoms with Crippen LogP contribution in [0.2, 0.25) is 0 Å². The van der Waals surface area contributed by atoms with Crippen LogP contribution >= 0.6 is 0 Å². The van der Waals surface area contributed by atoms with Crippen molar-refractivity contribution in [1.29, 1.82) is 0 Å². The van der Waals surface area contributed by atoms with Gasteiger partial charge in [-0.05, 0) is 35.0 Å². The summed E-state index contributed by atoms with van der Waals surface area (Å²) in [5.74, 6) is 6.60. The molecule has 0 radical (unpaired) electrons. The van der Waals surface area contributed by atoms with Crippen LogP contribution in [-0.2, 0) is 0 Å². The number of benzene rings is 2. The van der Waals surface area contributed by atoms with Crippen molar-refractivity contribution in [2.24, 2.45) is 5.73 Å². The maximum atomic E-state index is 12.0. The van der Waals surface area contributed by atoms with Gasteiger partial charge in [0, 0.05) is 12.0 Å². The third-order valence-electron chi connectivity index (χ3n) is 2.69. The lowest BCUT2D eigenvalue weighted by Gasteiger charge is -2.06. The number of hydrogen-bond donors (Lipinski definition) is 1. The first-order valence-corrected chi connectivity index (χ1v) is 6.25. The number of nitrogens with two attached hydrogens (primary N) is 1. The van der Waals surface area contributed by atoms with Gasteiger partial charge in [0.1, 0.15) is 5.75 Å². The number of hydrogen-bond acceptors (Lipinski definition) is 2. The number of fused-ring (bicyclic) bond motifs is 1. The fourth-order valence-electron chi connectivity index (χ4n) is 1.79. The smallest absolute Gasteiger partial charge is 0.119 e. The van der Waals surface area contributed by atoms with Crippen LogP contribution in [0.4, 0.5) is 4.39 Å². The van der Waals surface area contributed by atoms with Crippen molar-refractivity contribution in [3.05, 3.63) is 42.0 Å². The standard InChI is InChI=1S/C16H16FNO/c17-8-2-10-19-16-7-6-14-11-13(3-1-9-18)4-5-15(14)12-16/h4-7,11-12H,2,8-10,18H2. The molecule has 0 bridgehead atoms. The monoisotopic (exact) mass is 257 g/mol. The molecule has 2 aromatic carbocycles. The molecule has 2 aromatic rings. The highest BCUT2D eigenvalue weighted by Gasteiger charge is 1.98. The summed E-state index contributed by atoms with van der Waals surface area (Å²) < 4.78 is 17.5. The lowest BCUT2D eigenvalue weighted by molar-refractivity contribution is 0.290. The first-order chi connectivity index (χ1) is 9.33. The lowest BCUT2D eigenvalue weighted by atomic mass is 10.1. The molecule has 0 aromatic heterocycles. The van der Waals surface area contributed by atoms with E-state index in [2.05, 4.69) is 11.8 Å². The zero-order valence-electron chi connectivity index (χ0n) is 10.7. The molecule has 0 aliphatic rings. The Morgan fingerprint density at radius 2 is 1.89 bits per heavy atom. The normalized spacial score (nSPS) is 10.0. The summed E-state index contributed by atoms with van der Waals surface area (Å²) in [6.45, 7) is 0.415. The Kier molecular flexibility index (Phi) is 4.77. The van der Waals surface area contributed by atoms with Gasteiger partial charge in [0.2, 0.25) is 0 Å².